The van der Waals surface area contributed by atoms with Crippen LogP contribution in [0, 0.1) is 11.8 Å². The first-order chi connectivity index (χ1) is 9.20. The third kappa shape index (κ3) is 3.97. The van der Waals surface area contributed by atoms with Crippen LogP contribution >= 0.6 is 11.6 Å². The second-order valence-electron chi connectivity index (χ2n) is 5.56. The van der Waals surface area contributed by atoms with Crippen molar-refractivity contribution >= 4 is 17.5 Å². The first-order valence-electron chi connectivity index (χ1n) is 7.11. The largest absolute Gasteiger partial charge is 0.352 e. The molecular weight excluding hydrogens is 258 g/mol. The number of carbonyl (C=O) groups excluding carboxylic acids is 1. The molecule has 0 aromatic heterocycles. The Morgan fingerprint density at radius 3 is 2.68 bits per heavy atom. The van der Waals surface area contributed by atoms with Crippen LogP contribution in [0.2, 0.25) is 0 Å². The number of carbonyl (C=O) groups is 1. The van der Waals surface area contributed by atoms with Crippen LogP contribution in [0.1, 0.15) is 31.7 Å². The molecule has 1 saturated carbocycles. The van der Waals surface area contributed by atoms with Crippen LogP contribution in [0.4, 0.5) is 0 Å². The second-order valence-corrected chi connectivity index (χ2v) is 5.87. The van der Waals surface area contributed by atoms with Gasteiger partial charge in [0.2, 0.25) is 5.91 Å². The Bertz CT molecular complexity index is 406. The minimum atomic E-state index is 0.0318. The zero-order chi connectivity index (χ0) is 13.7. The molecule has 1 amide bonds. The molecule has 104 valence electrons. The molecule has 0 saturated heterocycles. The summed E-state index contributed by atoms with van der Waals surface area (Å²) in [7, 11) is 0. The molecule has 3 heteroatoms. The number of rotatable bonds is 5. The van der Waals surface area contributed by atoms with E-state index in [0.717, 1.165) is 12.8 Å². The summed E-state index contributed by atoms with van der Waals surface area (Å²) in [5, 5.41) is 3.12. The average molecular weight is 280 g/mol. The van der Waals surface area contributed by atoms with Crippen LogP contribution in [-0.2, 0) is 11.2 Å². The van der Waals surface area contributed by atoms with Gasteiger partial charge in [-0.15, -0.1) is 11.6 Å². The molecule has 1 aromatic carbocycles. The molecule has 0 aliphatic heterocycles. The molecule has 0 radical (unpaired) electrons. The standard InChI is InChI=1S/C16H22ClNO/c1-12-6-5-9-15(12)16(19)18-14(11-17)10-13-7-3-2-4-8-13/h2-4,7-8,12,14-15H,5-6,9-11H2,1H3,(H,18,19). The lowest BCUT2D eigenvalue weighted by molar-refractivity contribution is -0.126. The van der Waals surface area contributed by atoms with Crippen molar-refractivity contribution in [3.63, 3.8) is 0 Å². The van der Waals surface area contributed by atoms with Gasteiger partial charge in [0.05, 0.1) is 0 Å². The number of benzene rings is 1. The monoisotopic (exact) mass is 279 g/mol. The van der Waals surface area contributed by atoms with Gasteiger partial charge in [-0.2, -0.15) is 0 Å². The SMILES string of the molecule is CC1CCCC1C(=O)NC(CCl)Cc1ccccc1. The normalized spacial score (nSPS) is 24.1. The van der Waals surface area contributed by atoms with Gasteiger partial charge in [0.15, 0.2) is 0 Å². The van der Waals surface area contributed by atoms with Crippen LogP contribution in [0.3, 0.4) is 0 Å². The molecule has 19 heavy (non-hydrogen) atoms. The minimum Gasteiger partial charge on any atom is -0.352 e. The van der Waals surface area contributed by atoms with E-state index >= 15 is 0 Å². The number of hydrogen-bond acceptors (Lipinski definition) is 1. The van der Waals surface area contributed by atoms with Crippen molar-refractivity contribution in [3.8, 4) is 0 Å². The van der Waals surface area contributed by atoms with Gasteiger partial charge in [0.25, 0.3) is 0 Å². The molecule has 3 unspecified atom stereocenters. The smallest absolute Gasteiger partial charge is 0.223 e. The molecule has 1 aliphatic rings. The van der Waals surface area contributed by atoms with E-state index in [4.69, 9.17) is 11.6 Å². The van der Waals surface area contributed by atoms with Gasteiger partial charge in [-0.1, -0.05) is 43.7 Å². The van der Waals surface area contributed by atoms with E-state index in [-0.39, 0.29) is 17.9 Å². The zero-order valence-electron chi connectivity index (χ0n) is 11.4. The van der Waals surface area contributed by atoms with Crippen molar-refractivity contribution in [2.75, 3.05) is 5.88 Å². The van der Waals surface area contributed by atoms with E-state index < -0.39 is 0 Å². The maximum Gasteiger partial charge on any atom is 0.223 e. The van der Waals surface area contributed by atoms with E-state index in [1.807, 2.05) is 18.2 Å². The summed E-state index contributed by atoms with van der Waals surface area (Å²) in [6.07, 6.45) is 4.16. The fraction of sp³-hybridized carbons (Fsp3) is 0.562. The van der Waals surface area contributed by atoms with Crippen LogP contribution < -0.4 is 5.32 Å². The maximum atomic E-state index is 12.2. The molecule has 1 aromatic rings. The highest BCUT2D eigenvalue weighted by atomic mass is 35.5. The van der Waals surface area contributed by atoms with E-state index in [2.05, 4.69) is 24.4 Å². The first kappa shape index (κ1) is 14.4. The van der Waals surface area contributed by atoms with E-state index in [1.54, 1.807) is 0 Å². The molecule has 0 spiro atoms. The van der Waals surface area contributed by atoms with Crippen LogP contribution in [-0.4, -0.2) is 17.8 Å². The highest BCUT2D eigenvalue weighted by molar-refractivity contribution is 6.18. The summed E-state index contributed by atoms with van der Waals surface area (Å²) in [4.78, 5) is 12.2. The van der Waals surface area contributed by atoms with Crippen molar-refractivity contribution in [2.45, 2.75) is 38.6 Å². The summed E-state index contributed by atoms with van der Waals surface area (Å²) in [6, 6.07) is 10.2. The first-order valence-corrected chi connectivity index (χ1v) is 7.64. The van der Waals surface area contributed by atoms with Gasteiger partial charge >= 0.3 is 0 Å². The number of halogens is 1. The summed E-state index contributed by atoms with van der Waals surface area (Å²) >= 11 is 5.99. The molecular formula is C16H22ClNO. The van der Waals surface area contributed by atoms with Gasteiger partial charge in [-0.25, -0.2) is 0 Å². The Labute approximate surface area is 120 Å². The van der Waals surface area contributed by atoms with Gasteiger partial charge in [0.1, 0.15) is 0 Å². The molecule has 1 aliphatic carbocycles. The van der Waals surface area contributed by atoms with E-state index in [9.17, 15) is 4.79 Å². The van der Waals surface area contributed by atoms with Gasteiger partial charge < -0.3 is 5.32 Å². The Morgan fingerprint density at radius 2 is 2.11 bits per heavy atom. The third-order valence-corrected chi connectivity index (χ3v) is 4.43. The van der Waals surface area contributed by atoms with Crippen molar-refractivity contribution in [3.05, 3.63) is 35.9 Å². The number of alkyl halides is 1. The van der Waals surface area contributed by atoms with Crippen molar-refractivity contribution in [1.29, 1.82) is 0 Å². The number of amides is 1. The Hall–Kier alpha value is -1.02. The zero-order valence-corrected chi connectivity index (χ0v) is 12.2. The molecule has 2 nitrogen and oxygen atoms in total. The molecule has 1 fully saturated rings. The van der Waals surface area contributed by atoms with Crippen molar-refractivity contribution in [2.24, 2.45) is 11.8 Å². The van der Waals surface area contributed by atoms with E-state index in [1.165, 1.54) is 18.4 Å². The maximum absolute atomic E-state index is 12.2. The van der Waals surface area contributed by atoms with Crippen LogP contribution in [0.5, 0.6) is 0 Å². The fourth-order valence-electron chi connectivity index (χ4n) is 2.89. The summed E-state index contributed by atoms with van der Waals surface area (Å²) in [6.45, 7) is 2.17. The lowest BCUT2D eigenvalue weighted by atomic mass is 9.96. The van der Waals surface area contributed by atoms with Gasteiger partial charge in [0, 0.05) is 17.8 Å². The van der Waals surface area contributed by atoms with Gasteiger partial charge in [-0.05, 0) is 30.7 Å². The summed E-state index contributed by atoms with van der Waals surface area (Å²) in [5.41, 5.74) is 1.22. The predicted octanol–water partition coefficient (Wildman–Crippen LogP) is 3.39. The van der Waals surface area contributed by atoms with Crippen molar-refractivity contribution < 1.29 is 4.79 Å². The van der Waals surface area contributed by atoms with Gasteiger partial charge in [-0.3, -0.25) is 4.79 Å². The predicted molar refractivity (Wildman–Crippen MR) is 79.3 cm³/mol. The highest BCUT2D eigenvalue weighted by Gasteiger charge is 2.30. The molecule has 2 rings (SSSR count). The third-order valence-electron chi connectivity index (χ3n) is 4.06. The van der Waals surface area contributed by atoms with Crippen LogP contribution in [0.25, 0.3) is 0 Å². The van der Waals surface area contributed by atoms with Crippen LogP contribution in [0.15, 0.2) is 30.3 Å². The quantitative estimate of drug-likeness (QED) is 0.823. The van der Waals surface area contributed by atoms with E-state index in [0.29, 0.717) is 11.8 Å². The highest BCUT2D eigenvalue weighted by Crippen LogP contribution is 2.31. The minimum absolute atomic E-state index is 0.0318. The Kier molecular flexibility index (Phi) is 5.26. The number of hydrogen-bond donors (Lipinski definition) is 1. The van der Waals surface area contributed by atoms with Crippen molar-refractivity contribution in [1.82, 2.24) is 5.32 Å². The Balaban J connectivity index is 1.90. The molecule has 0 heterocycles. The average Bonchev–Trinajstić information content (AvgIpc) is 2.85. The molecule has 3 atom stereocenters. The molecule has 0 bridgehead atoms. The Morgan fingerprint density at radius 1 is 1.37 bits per heavy atom. The number of nitrogens with one attached hydrogen (secondary N) is 1. The summed E-state index contributed by atoms with van der Waals surface area (Å²) in [5.74, 6) is 1.34. The topological polar surface area (TPSA) is 29.1 Å². The second kappa shape index (κ2) is 6.95. The summed E-state index contributed by atoms with van der Waals surface area (Å²) < 4.78 is 0. The lowest BCUT2D eigenvalue weighted by Gasteiger charge is -2.21. The fourth-order valence-corrected chi connectivity index (χ4v) is 3.07. The molecule has 1 N–H and O–H groups in total. The lowest BCUT2D eigenvalue weighted by Crippen LogP contribution is -2.41.